The molecule has 0 spiro atoms. The van der Waals surface area contributed by atoms with Crippen molar-refractivity contribution in [2.75, 3.05) is 6.54 Å². The lowest BCUT2D eigenvalue weighted by molar-refractivity contribution is -0.138. The van der Waals surface area contributed by atoms with E-state index in [4.69, 9.17) is 16.1 Å². The van der Waals surface area contributed by atoms with E-state index in [9.17, 15) is 9.59 Å². The van der Waals surface area contributed by atoms with E-state index < -0.39 is 6.04 Å². The third kappa shape index (κ3) is 4.36. The summed E-state index contributed by atoms with van der Waals surface area (Å²) in [7, 11) is 0. The maximum Gasteiger partial charge on any atom is 0.243 e. The molecule has 0 bridgehead atoms. The summed E-state index contributed by atoms with van der Waals surface area (Å²) in [6, 6.07) is 4.76. The molecule has 2 aromatic rings. The van der Waals surface area contributed by atoms with Gasteiger partial charge in [-0.3, -0.25) is 9.59 Å². The van der Waals surface area contributed by atoms with Crippen molar-refractivity contribution in [1.29, 1.82) is 0 Å². The highest BCUT2D eigenvalue weighted by Gasteiger charge is 2.34. The monoisotopic (exact) mass is 362 g/mol. The van der Waals surface area contributed by atoms with Crippen LogP contribution in [0.4, 0.5) is 0 Å². The first-order chi connectivity index (χ1) is 12.0. The van der Waals surface area contributed by atoms with Gasteiger partial charge < -0.3 is 14.7 Å². The van der Waals surface area contributed by atoms with E-state index in [1.54, 1.807) is 36.2 Å². The van der Waals surface area contributed by atoms with Gasteiger partial charge in [0.1, 0.15) is 17.0 Å². The Labute approximate surface area is 150 Å². The molecule has 2 aromatic heterocycles. The number of carbonyl (C=O) groups excluding carboxylic acids is 2. The summed E-state index contributed by atoms with van der Waals surface area (Å²) in [5.74, 6) is 0.234. The normalized spacial score (nSPS) is 16.9. The summed E-state index contributed by atoms with van der Waals surface area (Å²) in [5.41, 5.74) is 1.58. The molecule has 1 aliphatic heterocycles. The van der Waals surface area contributed by atoms with Crippen molar-refractivity contribution in [1.82, 2.24) is 20.4 Å². The summed E-state index contributed by atoms with van der Waals surface area (Å²) in [6.45, 7) is 2.73. The molecule has 8 heteroatoms. The topological polar surface area (TPSA) is 88.3 Å². The van der Waals surface area contributed by atoms with Gasteiger partial charge in [-0.1, -0.05) is 22.8 Å². The zero-order valence-electron chi connectivity index (χ0n) is 13.9. The lowest BCUT2D eigenvalue weighted by Crippen LogP contribution is -2.46. The van der Waals surface area contributed by atoms with Crippen molar-refractivity contribution >= 4 is 23.4 Å². The van der Waals surface area contributed by atoms with Crippen molar-refractivity contribution in [2.24, 2.45) is 0 Å². The summed E-state index contributed by atoms with van der Waals surface area (Å²) >= 11 is 5.75. The van der Waals surface area contributed by atoms with Crippen molar-refractivity contribution in [3.63, 3.8) is 0 Å². The predicted octanol–water partition coefficient (Wildman–Crippen LogP) is 1.88. The van der Waals surface area contributed by atoms with Crippen molar-refractivity contribution in [3.8, 4) is 0 Å². The van der Waals surface area contributed by atoms with Crippen LogP contribution in [-0.4, -0.2) is 39.4 Å². The quantitative estimate of drug-likeness (QED) is 0.820. The third-order valence-electron chi connectivity index (χ3n) is 4.13. The number of rotatable bonds is 5. The van der Waals surface area contributed by atoms with E-state index in [0.717, 1.165) is 17.7 Å². The Morgan fingerprint density at radius 1 is 1.44 bits per heavy atom. The van der Waals surface area contributed by atoms with Crippen LogP contribution in [0.15, 0.2) is 28.9 Å². The molecule has 0 aliphatic carbocycles. The van der Waals surface area contributed by atoms with Gasteiger partial charge >= 0.3 is 0 Å². The maximum absolute atomic E-state index is 12.5. The van der Waals surface area contributed by atoms with E-state index in [-0.39, 0.29) is 18.2 Å². The summed E-state index contributed by atoms with van der Waals surface area (Å²) in [5, 5.41) is 7.05. The third-order valence-corrected chi connectivity index (χ3v) is 4.36. The molecular weight excluding hydrogens is 344 g/mol. The molecule has 25 heavy (non-hydrogen) atoms. The second-order valence-corrected chi connectivity index (χ2v) is 6.45. The van der Waals surface area contributed by atoms with Gasteiger partial charge in [0, 0.05) is 25.4 Å². The fourth-order valence-corrected chi connectivity index (χ4v) is 3.02. The van der Waals surface area contributed by atoms with Crippen LogP contribution in [0.3, 0.4) is 0 Å². The molecule has 132 valence electrons. The van der Waals surface area contributed by atoms with Gasteiger partial charge in [0.2, 0.25) is 11.8 Å². The fourth-order valence-electron chi connectivity index (χ4n) is 2.91. The molecule has 1 aliphatic rings. The van der Waals surface area contributed by atoms with Crippen LogP contribution in [0.5, 0.6) is 0 Å². The number of hydrogen-bond donors (Lipinski definition) is 1. The molecule has 1 saturated heterocycles. The lowest BCUT2D eigenvalue weighted by atomic mass is 10.2. The second-order valence-electron chi connectivity index (χ2n) is 6.06. The second kappa shape index (κ2) is 7.65. The first-order valence-corrected chi connectivity index (χ1v) is 8.50. The van der Waals surface area contributed by atoms with Crippen LogP contribution in [0, 0.1) is 6.92 Å². The predicted molar refractivity (Wildman–Crippen MR) is 90.8 cm³/mol. The number of nitrogens with one attached hydrogen (secondary N) is 1. The summed E-state index contributed by atoms with van der Waals surface area (Å²) in [4.78, 5) is 30.6. The molecule has 3 heterocycles. The SMILES string of the molecule is Cc1cc(CC(=O)N2CCCC2C(=O)NCc2ccc(Cl)nc2)on1. The van der Waals surface area contributed by atoms with Gasteiger partial charge in [-0.15, -0.1) is 0 Å². The number of amides is 2. The molecule has 1 N–H and O–H groups in total. The number of hydrogen-bond acceptors (Lipinski definition) is 5. The Bertz CT molecular complexity index is 760. The van der Waals surface area contributed by atoms with Gasteiger partial charge in [0.25, 0.3) is 0 Å². The van der Waals surface area contributed by atoms with Gasteiger partial charge in [0.05, 0.1) is 12.1 Å². The summed E-state index contributed by atoms with van der Waals surface area (Å²) < 4.78 is 5.09. The molecule has 1 unspecified atom stereocenters. The summed E-state index contributed by atoms with van der Waals surface area (Å²) in [6.07, 6.45) is 3.20. The average Bonchev–Trinajstić information content (AvgIpc) is 3.23. The number of likely N-dealkylation sites (tertiary alicyclic amines) is 1. The smallest absolute Gasteiger partial charge is 0.243 e. The number of halogens is 1. The van der Waals surface area contributed by atoms with Crippen molar-refractivity contribution < 1.29 is 14.1 Å². The van der Waals surface area contributed by atoms with Crippen LogP contribution in [-0.2, 0) is 22.6 Å². The molecule has 7 nitrogen and oxygen atoms in total. The molecule has 0 aromatic carbocycles. The van der Waals surface area contributed by atoms with E-state index >= 15 is 0 Å². The number of carbonyl (C=O) groups is 2. The van der Waals surface area contributed by atoms with Crippen LogP contribution in [0.1, 0.15) is 29.9 Å². The highest BCUT2D eigenvalue weighted by molar-refractivity contribution is 6.29. The zero-order chi connectivity index (χ0) is 17.8. The average molecular weight is 363 g/mol. The van der Waals surface area contributed by atoms with Gasteiger partial charge in [-0.2, -0.15) is 0 Å². The van der Waals surface area contributed by atoms with Gasteiger partial charge in [0.15, 0.2) is 0 Å². The molecule has 1 atom stereocenters. The molecule has 2 amide bonds. The maximum atomic E-state index is 12.5. The van der Waals surface area contributed by atoms with Crippen LogP contribution in [0.2, 0.25) is 5.15 Å². The highest BCUT2D eigenvalue weighted by atomic mass is 35.5. The Kier molecular flexibility index (Phi) is 5.33. The Hall–Kier alpha value is -2.41. The van der Waals surface area contributed by atoms with Crippen LogP contribution in [0.25, 0.3) is 0 Å². The Morgan fingerprint density at radius 2 is 2.28 bits per heavy atom. The first kappa shape index (κ1) is 17.4. The zero-order valence-corrected chi connectivity index (χ0v) is 14.6. The molecule has 3 rings (SSSR count). The van der Waals surface area contributed by atoms with Gasteiger partial charge in [-0.05, 0) is 31.4 Å². The molecule has 0 saturated carbocycles. The highest BCUT2D eigenvalue weighted by Crippen LogP contribution is 2.19. The van der Waals surface area contributed by atoms with E-state index in [1.165, 1.54) is 0 Å². The molecular formula is C17H19ClN4O3. The number of nitrogens with zero attached hydrogens (tertiary/aromatic N) is 3. The number of pyridine rings is 1. The number of aromatic nitrogens is 2. The number of aryl methyl sites for hydroxylation is 1. The van der Waals surface area contributed by atoms with E-state index in [0.29, 0.717) is 30.4 Å². The van der Waals surface area contributed by atoms with Gasteiger partial charge in [-0.25, -0.2) is 4.98 Å². The Balaban J connectivity index is 1.57. The Morgan fingerprint density at radius 3 is 2.96 bits per heavy atom. The van der Waals surface area contributed by atoms with E-state index in [1.807, 2.05) is 0 Å². The van der Waals surface area contributed by atoms with Crippen LogP contribution >= 0.6 is 11.6 Å². The van der Waals surface area contributed by atoms with Crippen molar-refractivity contribution in [3.05, 3.63) is 46.6 Å². The van der Waals surface area contributed by atoms with Crippen molar-refractivity contribution in [2.45, 2.75) is 38.8 Å². The molecule has 0 radical (unpaired) electrons. The first-order valence-electron chi connectivity index (χ1n) is 8.13. The lowest BCUT2D eigenvalue weighted by Gasteiger charge is -2.23. The van der Waals surface area contributed by atoms with Crippen LogP contribution < -0.4 is 5.32 Å². The molecule has 1 fully saturated rings. The largest absolute Gasteiger partial charge is 0.361 e. The minimum absolute atomic E-state index is 0.117. The standard InChI is InChI=1S/C17H19ClN4O3/c1-11-7-13(25-21-11)8-16(23)22-6-2-3-14(22)17(24)20-10-12-4-5-15(18)19-9-12/h4-5,7,9,14H,2-3,6,8,10H2,1H3,(H,20,24). The minimum Gasteiger partial charge on any atom is -0.361 e. The minimum atomic E-state index is -0.447. The van der Waals surface area contributed by atoms with E-state index in [2.05, 4.69) is 15.5 Å². The fraction of sp³-hybridized carbons (Fsp3) is 0.412.